The number of hydrogen-bond acceptors (Lipinski definition) is 4. The summed E-state index contributed by atoms with van der Waals surface area (Å²) in [7, 11) is -3.91. The molecule has 2 rings (SSSR count). The number of nitrogens with one attached hydrogen (secondary N) is 2. The molecule has 1 aliphatic carbocycles. The molecule has 1 fully saturated rings. The molecule has 0 aromatic carbocycles. The van der Waals surface area contributed by atoms with Crippen LogP contribution in [0.5, 0.6) is 0 Å². The van der Waals surface area contributed by atoms with E-state index in [0.717, 1.165) is 12.8 Å². The summed E-state index contributed by atoms with van der Waals surface area (Å²) in [5.41, 5.74) is 0. The van der Waals surface area contributed by atoms with Crippen molar-refractivity contribution in [3.05, 3.63) is 21.9 Å². The van der Waals surface area contributed by atoms with E-state index in [0.29, 0.717) is 4.47 Å². The maximum atomic E-state index is 12.2. The molecule has 1 amide bonds. The Morgan fingerprint density at radius 2 is 2.20 bits per heavy atom. The zero-order valence-electron chi connectivity index (χ0n) is 10.6. The van der Waals surface area contributed by atoms with Crippen molar-refractivity contribution in [2.75, 3.05) is 0 Å². The van der Waals surface area contributed by atoms with Gasteiger partial charge in [-0.1, -0.05) is 11.6 Å². The van der Waals surface area contributed by atoms with Crippen LogP contribution in [-0.2, 0) is 14.8 Å². The van der Waals surface area contributed by atoms with Crippen molar-refractivity contribution in [2.24, 2.45) is 0 Å². The molecule has 9 heteroatoms. The highest BCUT2D eigenvalue weighted by Gasteiger charge is 2.29. The number of halogens is 2. The van der Waals surface area contributed by atoms with Crippen molar-refractivity contribution >= 4 is 43.5 Å². The Bertz CT molecular complexity index is 634. The fraction of sp³-hybridized carbons (Fsp3) is 0.455. The average molecular weight is 383 g/mol. The van der Waals surface area contributed by atoms with E-state index in [1.54, 1.807) is 0 Å². The number of carbonyl (C=O) groups excluding carboxylic acids is 1. The number of rotatable bonds is 5. The van der Waals surface area contributed by atoms with Gasteiger partial charge in [-0.3, -0.25) is 4.79 Å². The summed E-state index contributed by atoms with van der Waals surface area (Å²) in [6, 6.07) is 0.629. The minimum atomic E-state index is -3.91. The number of sulfonamides is 1. The summed E-state index contributed by atoms with van der Waals surface area (Å²) >= 11 is 8.92. The molecule has 1 atom stereocenters. The zero-order valence-corrected chi connectivity index (χ0v) is 13.7. The van der Waals surface area contributed by atoms with Gasteiger partial charge in [0.15, 0.2) is 0 Å². The van der Waals surface area contributed by atoms with E-state index in [-0.39, 0.29) is 22.0 Å². The van der Waals surface area contributed by atoms with Crippen LogP contribution < -0.4 is 10.0 Å². The molecule has 0 bridgehead atoms. The first-order valence-electron chi connectivity index (χ1n) is 5.93. The Kier molecular flexibility index (Phi) is 4.68. The average Bonchev–Trinajstić information content (AvgIpc) is 3.15. The monoisotopic (exact) mass is 381 g/mol. The van der Waals surface area contributed by atoms with Crippen LogP contribution in [-0.4, -0.2) is 31.4 Å². The molecule has 0 saturated heterocycles. The van der Waals surface area contributed by atoms with E-state index >= 15 is 0 Å². The van der Waals surface area contributed by atoms with Gasteiger partial charge in [0.1, 0.15) is 10.0 Å². The minimum absolute atomic E-state index is 0.143. The molecule has 0 spiro atoms. The van der Waals surface area contributed by atoms with Crippen molar-refractivity contribution in [3.63, 3.8) is 0 Å². The number of carbonyl (C=O) groups is 1. The van der Waals surface area contributed by atoms with Gasteiger partial charge in [-0.05, 0) is 41.8 Å². The number of pyridine rings is 1. The lowest BCUT2D eigenvalue weighted by atomic mass is 10.3. The Morgan fingerprint density at radius 1 is 1.55 bits per heavy atom. The van der Waals surface area contributed by atoms with E-state index in [4.69, 9.17) is 11.6 Å². The number of amides is 1. The standard InChI is InChI=1S/C11H13BrClN3O3S/c1-6(11(17)15-8-2-3-8)16-20(18,19)9-4-7(12)5-14-10(9)13/h4-6,8,16H,2-3H2,1H3,(H,15,17). The first-order chi connectivity index (χ1) is 9.29. The molecule has 1 heterocycles. The Labute approximate surface area is 130 Å². The van der Waals surface area contributed by atoms with E-state index in [9.17, 15) is 13.2 Å². The molecule has 1 aromatic rings. The molecule has 6 nitrogen and oxygen atoms in total. The van der Waals surface area contributed by atoms with E-state index < -0.39 is 16.1 Å². The molecule has 1 unspecified atom stereocenters. The summed E-state index contributed by atoms with van der Waals surface area (Å²) in [4.78, 5) is 15.3. The highest BCUT2D eigenvalue weighted by molar-refractivity contribution is 9.10. The molecule has 2 N–H and O–H groups in total. The molecule has 0 radical (unpaired) electrons. The smallest absolute Gasteiger partial charge is 0.244 e. The fourth-order valence-electron chi connectivity index (χ4n) is 1.50. The summed E-state index contributed by atoms with van der Waals surface area (Å²) in [5, 5.41) is 2.59. The van der Waals surface area contributed by atoms with Gasteiger partial charge in [-0.2, -0.15) is 4.72 Å². The highest BCUT2D eigenvalue weighted by Crippen LogP contribution is 2.23. The number of nitrogens with zero attached hydrogens (tertiary/aromatic N) is 1. The highest BCUT2D eigenvalue weighted by atomic mass is 79.9. The van der Waals surface area contributed by atoms with Gasteiger partial charge >= 0.3 is 0 Å². The Morgan fingerprint density at radius 3 is 2.80 bits per heavy atom. The SMILES string of the molecule is CC(NS(=O)(=O)c1cc(Br)cnc1Cl)C(=O)NC1CC1. The molecule has 20 heavy (non-hydrogen) atoms. The maximum absolute atomic E-state index is 12.2. The second kappa shape index (κ2) is 5.97. The van der Waals surface area contributed by atoms with Crippen molar-refractivity contribution in [2.45, 2.75) is 36.7 Å². The maximum Gasteiger partial charge on any atom is 0.244 e. The van der Waals surface area contributed by atoms with Gasteiger partial charge in [-0.15, -0.1) is 0 Å². The van der Waals surface area contributed by atoms with Crippen LogP contribution >= 0.6 is 27.5 Å². The third-order valence-electron chi connectivity index (χ3n) is 2.71. The summed E-state index contributed by atoms with van der Waals surface area (Å²) < 4.78 is 27.1. The predicted octanol–water partition coefficient (Wildman–Crippen LogP) is 1.44. The van der Waals surface area contributed by atoms with Crippen molar-refractivity contribution in [1.29, 1.82) is 0 Å². The number of aromatic nitrogens is 1. The molecular weight excluding hydrogens is 370 g/mol. The Hall–Kier alpha value is -0.700. The third kappa shape index (κ3) is 3.91. The first kappa shape index (κ1) is 15.7. The van der Waals surface area contributed by atoms with Crippen molar-refractivity contribution < 1.29 is 13.2 Å². The van der Waals surface area contributed by atoms with E-state index in [2.05, 4.69) is 31.0 Å². The summed E-state index contributed by atoms with van der Waals surface area (Å²) in [6.07, 6.45) is 3.27. The lowest BCUT2D eigenvalue weighted by Gasteiger charge is -2.14. The second-order valence-corrected chi connectivity index (χ2v) is 7.52. The molecule has 1 saturated carbocycles. The minimum Gasteiger partial charge on any atom is -0.352 e. The van der Waals surface area contributed by atoms with Crippen molar-refractivity contribution in [1.82, 2.24) is 15.0 Å². The van der Waals surface area contributed by atoms with Crippen LogP contribution in [0, 0.1) is 0 Å². The van der Waals surface area contributed by atoms with Crippen LogP contribution in [0.2, 0.25) is 5.15 Å². The van der Waals surface area contributed by atoms with Crippen molar-refractivity contribution in [3.8, 4) is 0 Å². The van der Waals surface area contributed by atoms with Gasteiger partial charge in [-0.25, -0.2) is 13.4 Å². The van der Waals surface area contributed by atoms with Gasteiger partial charge in [0.25, 0.3) is 0 Å². The second-order valence-electron chi connectivity index (χ2n) is 4.57. The van der Waals surface area contributed by atoms with Gasteiger partial charge < -0.3 is 5.32 Å². The predicted molar refractivity (Wildman–Crippen MR) is 77.9 cm³/mol. The van der Waals surface area contributed by atoms with Crippen LogP contribution in [0.25, 0.3) is 0 Å². The topological polar surface area (TPSA) is 88.2 Å². The Balaban J connectivity index is 2.13. The number of hydrogen-bond donors (Lipinski definition) is 2. The molecular formula is C11H13BrClN3O3S. The summed E-state index contributed by atoms with van der Waals surface area (Å²) in [6.45, 7) is 1.48. The first-order valence-corrected chi connectivity index (χ1v) is 8.59. The molecule has 1 aromatic heterocycles. The van der Waals surface area contributed by atoms with Gasteiger partial charge in [0.2, 0.25) is 15.9 Å². The third-order valence-corrected chi connectivity index (χ3v) is 5.11. The lowest BCUT2D eigenvalue weighted by molar-refractivity contribution is -0.122. The molecule has 1 aliphatic rings. The van der Waals surface area contributed by atoms with Crippen LogP contribution in [0.4, 0.5) is 0 Å². The fourth-order valence-corrected chi connectivity index (χ4v) is 3.64. The molecule has 110 valence electrons. The van der Waals surface area contributed by atoms with Crippen LogP contribution in [0.3, 0.4) is 0 Å². The lowest BCUT2D eigenvalue weighted by Crippen LogP contribution is -2.45. The van der Waals surface area contributed by atoms with E-state index in [1.165, 1.54) is 19.2 Å². The molecule has 0 aliphatic heterocycles. The zero-order chi connectivity index (χ0) is 14.9. The summed E-state index contributed by atoms with van der Waals surface area (Å²) in [5.74, 6) is -0.352. The van der Waals surface area contributed by atoms with E-state index in [1.807, 2.05) is 0 Å². The van der Waals surface area contributed by atoms with Gasteiger partial charge in [0, 0.05) is 16.7 Å². The van der Waals surface area contributed by atoms with Crippen LogP contribution in [0.1, 0.15) is 19.8 Å². The quantitative estimate of drug-likeness (QED) is 0.754. The largest absolute Gasteiger partial charge is 0.352 e. The normalized spacial score (nSPS) is 16.8. The van der Waals surface area contributed by atoms with Gasteiger partial charge in [0.05, 0.1) is 6.04 Å². The van der Waals surface area contributed by atoms with Crippen LogP contribution in [0.15, 0.2) is 21.6 Å².